The van der Waals surface area contributed by atoms with Gasteiger partial charge in [-0.15, -0.1) is 0 Å². The normalized spacial score (nSPS) is 14.0. The first-order valence-electron chi connectivity index (χ1n) is 7.06. The number of anilines is 2. The molecule has 22 heavy (non-hydrogen) atoms. The first-order valence-corrected chi connectivity index (χ1v) is 8.21. The molecule has 0 fully saturated rings. The van der Waals surface area contributed by atoms with Crippen molar-refractivity contribution in [3.05, 3.63) is 47.5 Å². The Kier molecular flexibility index (Phi) is 4.66. The molecule has 116 valence electrons. The van der Waals surface area contributed by atoms with Crippen molar-refractivity contribution < 1.29 is 4.74 Å². The number of nitrogens with zero attached hydrogens (tertiary/aromatic N) is 2. The van der Waals surface area contributed by atoms with E-state index in [0.29, 0.717) is 13.2 Å². The molecule has 0 aliphatic carbocycles. The maximum Gasteiger partial charge on any atom is 0.121 e. The lowest BCUT2D eigenvalue weighted by atomic mass is 10.2. The Morgan fingerprint density at radius 3 is 2.73 bits per heavy atom. The van der Waals surface area contributed by atoms with Crippen molar-refractivity contribution in [1.82, 2.24) is 0 Å². The summed E-state index contributed by atoms with van der Waals surface area (Å²) in [4.78, 5) is 3.40. The van der Waals surface area contributed by atoms with E-state index < -0.39 is 0 Å². The van der Waals surface area contributed by atoms with Gasteiger partial charge in [0.2, 0.25) is 0 Å². The van der Waals surface area contributed by atoms with E-state index in [-0.39, 0.29) is 0 Å². The minimum absolute atomic E-state index is 0.520. The summed E-state index contributed by atoms with van der Waals surface area (Å²) in [6.07, 6.45) is 0. The molecule has 2 aromatic rings. The summed E-state index contributed by atoms with van der Waals surface area (Å²) in [5.41, 5.74) is 7.78. The van der Waals surface area contributed by atoms with Crippen LogP contribution in [0.2, 0.25) is 5.02 Å². The minimum Gasteiger partial charge on any atom is -0.492 e. The maximum atomic E-state index is 5.96. The molecule has 4 nitrogen and oxygen atoms in total. The summed E-state index contributed by atoms with van der Waals surface area (Å²) in [6.45, 7) is 1.85. The van der Waals surface area contributed by atoms with E-state index in [9.17, 15) is 0 Å². The van der Waals surface area contributed by atoms with Crippen molar-refractivity contribution in [3.8, 4) is 5.75 Å². The average molecular weight is 336 g/mol. The topological polar surface area (TPSA) is 41.7 Å². The second-order valence-electron chi connectivity index (χ2n) is 5.05. The van der Waals surface area contributed by atoms with E-state index >= 15 is 0 Å². The summed E-state index contributed by atoms with van der Waals surface area (Å²) in [5.74, 6) is 0.858. The van der Waals surface area contributed by atoms with Crippen molar-refractivity contribution >= 4 is 34.9 Å². The molecule has 0 amide bonds. The van der Waals surface area contributed by atoms with Crippen LogP contribution in [0, 0.1) is 0 Å². The zero-order chi connectivity index (χ0) is 15.5. The molecular weight excluding hydrogens is 318 g/mol. The highest BCUT2D eigenvalue weighted by molar-refractivity contribution is 8.00. The van der Waals surface area contributed by atoms with Crippen LogP contribution in [0.15, 0.2) is 47.4 Å². The van der Waals surface area contributed by atoms with Gasteiger partial charge in [-0.05, 0) is 48.3 Å². The van der Waals surface area contributed by atoms with Crippen LogP contribution in [0.3, 0.4) is 0 Å². The zero-order valence-electron chi connectivity index (χ0n) is 12.3. The van der Waals surface area contributed by atoms with E-state index in [1.807, 2.05) is 30.3 Å². The van der Waals surface area contributed by atoms with E-state index in [1.165, 1.54) is 10.6 Å². The van der Waals surface area contributed by atoms with Gasteiger partial charge in [-0.3, -0.25) is 4.31 Å². The van der Waals surface area contributed by atoms with Gasteiger partial charge >= 0.3 is 0 Å². The molecule has 0 saturated heterocycles. The first-order chi connectivity index (χ1) is 10.7. The van der Waals surface area contributed by atoms with Crippen molar-refractivity contribution in [2.24, 2.45) is 5.73 Å². The molecule has 1 aliphatic rings. The molecule has 3 rings (SSSR count). The second kappa shape index (κ2) is 6.69. The lowest BCUT2D eigenvalue weighted by Gasteiger charge is -2.36. The first kappa shape index (κ1) is 15.3. The summed E-state index contributed by atoms with van der Waals surface area (Å²) in [7, 11) is 2.08. The molecule has 0 atom stereocenters. The van der Waals surface area contributed by atoms with E-state index in [2.05, 4.69) is 28.4 Å². The fourth-order valence-corrected chi connectivity index (χ4v) is 3.56. The van der Waals surface area contributed by atoms with Crippen molar-refractivity contribution in [2.75, 3.05) is 36.1 Å². The smallest absolute Gasteiger partial charge is 0.121 e. The van der Waals surface area contributed by atoms with Crippen LogP contribution in [0.25, 0.3) is 0 Å². The van der Waals surface area contributed by atoms with Gasteiger partial charge in [0, 0.05) is 30.4 Å². The lowest BCUT2D eigenvalue weighted by molar-refractivity contribution is 0.328. The van der Waals surface area contributed by atoms with Gasteiger partial charge < -0.3 is 15.4 Å². The summed E-state index contributed by atoms with van der Waals surface area (Å²) in [5, 5.41) is 0.751. The van der Waals surface area contributed by atoms with E-state index in [1.54, 1.807) is 11.9 Å². The number of fused-ring (bicyclic) bond motifs is 1. The molecule has 6 heteroatoms. The Morgan fingerprint density at radius 1 is 1.23 bits per heavy atom. The van der Waals surface area contributed by atoms with Crippen molar-refractivity contribution in [3.63, 3.8) is 0 Å². The predicted molar refractivity (Wildman–Crippen MR) is 94.0 cm³/mol. The average Bonchev–Trinajstić information content (AvgIpc) is 2.53. The number of benzene rings is 2. The van der Waals surface area contributed by atoms with Crippen molar-refractivity contribution in [1.29, 1.82) is 0 Å². The van der Waals surface area contributed by atoms with Crippen LogP contribution in [-0.4, -0.2) is 26.9 Å². The van der Waals surface area contributed by atoms with Gasteiger partial charge in [0.1, 0.15) is 19.0 Å². The van der Waals surface area contributed by atoms with Crippen LogP contribution in [-0.2, 0) is 0 Å². The Bertz CT molecular complexity index is 650. The third-order valence-corrected chi connectivity index (χ3v) is 4.73. The monoisotopic (exact) mass is 335 g/mol. The highest BCUT2D eigenvalue weighted by atomic mass is 35.5. The molecule has 2 aromatic carbocycles. The van der Waals surface area contributed by atoms with Gasteiger partial charge in [-0.2, -0.15) is 0 Å². The number of rotatable bonds is 4. The Morgan fingerprint density at radius 2 is 2.00 bits per heavy atom. The Labute approximate surface area is 139 Å². The minimum atomic E-state index is 0.520. The van der Waals surface area contributed by atoms with Gasteiger partial charge in [0.25, 0.3) is 0 Å². The summed E-state index contributed by atoms with van der Waals surface area (Å²) < 4.78 is 7.84. The number of nitrogens with two attached hydrogens (primary N) is 1. The summed E-state index contributed by atoms with van der Waals surface area (Å²) >= 11 is 7.68. The fourth-order valence-electron chi connectivity index (χ4n) is 2.30. The van der Waals surface area contributed by atoms with Crippen LogP contribution < -0.4 is 19.7 Å². The summed E-state index contributed by atoms with van der Waals surface area (Å²) in [6, 6.07) is 14.0. The molecular formula is C16H18ClN3OS. The Hall–Kier alpha value is -1.56. The number of halogens is 1. The standard InChI is InChI=1S/C16H18ClN3OS/c1-19-11-20(13-4-2-12(17)3-5-13)22-16-7-6-14(10-15(16)19)21-9-8-18/h2-7,10H,8-9,11,18H2,1H3. The van der Waals surface area contributed by atoms with Gasteiger partial charge in [0.15, 0.2) is 0 Å². The molecule has 0 aromatic heterocycles. The van der Waals surface area contributed by atoms with Crippen LogP contribution in [0.1, 0.15) is 0 Å². The van der Waals surface area contributed by atoms with Gasteiger partial charge in [-0.1, -0.05) is 11.6 Å². The molecule has 1 aliphatic heterocycles. The maximum absolute atomic E-state index is 5.96. The number of hydrogen-bond donors (Lipinski definition) is 1. The van der Waals surface area contributed by atoms with Crippen LogP contribution >= 0.6 is 23.5 Å². The fraction of sp³-hybridized carbons (Fsp3) is 0.250. The Balaban J connectivity index is 1.82. The van der Waals surface area contributed by atoms with Crippen LogP contribution in [0.4, 0.5) is 11.4 Å². The van der Waals surface area contributed by atoms with Gasteiger partial charge in [-0.25, -0.2) is 0 Å². The lowest BCUT2D eigenvalue weighted by Crippen LogP contribution is -2.35. The largest absolute Gasteiger partial charge is 0.492 e. The highest BCUT2D eigenvalue weighted by Gasteiger charge is 2.22. The van der Waals surface area contributed by atoms with Crippen molar-refractivity contribution in [2.45, 2.75) is 4.90 Å². The molecule has 2 N–H and O–H groups in total. The molecule has 1 heterocycles. The van der Waals surface area contributed by atoms with Crippen LogP contribution in [0.5, 0.6) is 5.75 Å². The number of ether oxygens (including phenoxy) is 1. The molecule has 0 unspecified atom stereocenters. The van der Waals surface area contributed by atoms with E-state index in [0.717, 1.165) is 23.1 Å². The SMILES string of the molecule is CN1CN(c2ccc(Cl)cc2)Sc2ccc(OCCN)cc21. The molecule has 0 bridgehead atoms. The molecule has 0 radical (unpaired) electrons. The second-order valence-corrected chi connectivity index (χ2v) is 6.55. The molecule has 0 spiro atoms. The molecule has 0 saturated carbocycles. The highest BCUT2D eigenvalue weighted by Crippen LogP contribution is 2.41. The predicted octanol–water partition coefficient (Wildman–Crippen LogP) is 3.60. The zero-order valence-corrected chi connectivity index (χ0v) is 13.9. The van der Waals surface area contributed by atoms with Gasteiger partial charge in [0.05, 0.1) is 10.6 Å². The number of hydrogen-bond acceptors (Lipinski definition) is 5. The third kappa shape index (κ3) is 3.27. The third-order valence-electron chi connectivity index (χ3n) is 3.39. The quantitative estimate of drug-likeness (QED) is 0.865. The van der Waals surface area contributed by atoms with E-state index in [4.69, 9.17) is 22.1 Å².